The van der Waals surface area contributed by atoms with Gasteiger partial charge >= 0.3 is 0 Å². The smallest absolute Gasteiger partial charge is 0.287 e. The molecule has 2 heterocycles. The van der Waals surface area contributed by atoms with Gasteiger partial charge < -0.3 is 15.1 Å². The molecule has 0 spiro atoms. The molecule has 0 saturated heterocycles. The van der Waals surface area contributed by atoms with E-state index >= 15 is 0 Å². The van der Waals surface area contributed by atoms with E-state index in [4.69, 9.17) is 4.42 Å². The van der Waals surface area contributed by atoms with Crippen molar-refractivity contribution >= 4 is 23.2 Å². The molecule has 2 aromatic heterocycles. The molecule has 0 aromatic carbocycles. The molecule has 2 N–H and O–H groups in total. The van der Waals surface area contributed by atoms with Gasteiger partial charge in [0.15, 0.2) is 5.76 Å². The molecule has 118 valence electrons. The first kappa shape index (κ1) is 16.3. The van der Waals surface area contributed by atoms with Crippen molar-refractivity contribution in [2.45, 2.75) is 26.3 Å². The third-order valence-corrected chi connectivity index (χ3v) is 4.17. The lowest BCUT2D eigenvalue weighted by molar-refractivity contribution is -0.123. The number of hydrogen-bond acceptors (Lipinski definition) is 4. The topological polar surface area (TPSA) is 71.3 Å². The quantitative estimate of drug-likeness (QED) is 0.823. The van der Waals surface area contributed by atoms with E-state index in [2.05, 4.69) is 10.6 Å². The van der Waals surface area contributed by atoms with Gasteiger partial charge in [-0.1, -0.05) is 19.9 Å². The standard InChI is InChI=1S/C16H20N2O3S/c1-11(2)14(18-15(19)13-6-3-9-21-13)16(20)17-8-7-12-5-4-10-22-12/h3-6,9-11,14H,7-8H2,1-2H3,(H,17,20)(H,18,19)/t14-/m1/s1. The Morgan fingerprint density at radius 2 is 2.09 bits per heavy atom. The molecule has 22 heavy (non-hydrogen) atoms. The van der Waals surface area contributed by atoms with E-state index in [9.17, 15) is 9.59 Å². The van der Waals surface area contributed by atoms with Crippen molar-refractivity contribution in [1.82, 2.24) is 10.6 Å². The Labute approximate surface area is 133 Å². The van der Waals surface area contributed by atoms with E-state index < -0.39 is 6.04 Å². The van der Waals surface area contributed by atoms with Crippen molar-refractivity contribution in [3.63, 3.8) is 0 Å². The first-order valence-electron chi connectivity index (χ1n) is 7.22. The minimum absolute atomic E-state index is 0.0133. The molecule has 1 atom stereocenters. The van der Waals surface area contributed by atoms with Crippen LogP contribution in [-0.2, 0) is 11.2 Å². The molecule has 0 aliphatic heterocycles. The van der Waals surface area contributed by atoms with Gasteiger partial charge in [0.1, 0.15) is 6.04 Å². The van der Waals surface area contributed by atoms with Crippen LogP contribution in [0.5, 0.6) is 0 Å². The Kier molecular flexibility index (Phi) is 5.77. The average molecular weight is 320 g/mol. The number of carbonyl (C=O) groups is 2. The molecule has 2 rings (SSSR count). The van der Waals surface area contributed by atoms with Gasteiger partial charge in [-0.15, -0.1) is 11.3 Å². The van der Waals surface area contributed by atoms with Gasteiger partial charge in [-0.2, -0.15) is 0 Å². The molecule has 0 aliphatic carbocycles. The van der Waals surface area contributed by atoms with Crippen LogP contribution in [0.1, 0.15) is 29.3 Å². The minimum atomic E-state index is -0.582. The van der Waals surface area contributed by atoms with Crippen molar-refractivity contribution in [3.05, 3.63) is 46.5 Å². The normalized spacial score (nSPS) is 12.1. The molecule has 0 saturated carbocycles. The molecule has 0 radical (unpaired) electrons. The lowest BCUT2D eigenvalue weighted by Crippen LogP contribution is -2.50. The number of amides is 2. The van der Waals surface area contributed by atoms with Crippen molar-refractivity contribution in [1.29, 1.82) is 0 Å². The zero-order chi connectivity index (χ0) is 15.9. The fourth-order valence-electron chi connectivity index (χ4n) is 2.03. The van der Waals surface area contributed by atoms with E-state index in [1.807, 2.05) is 31.4 Å². The fraction of sp³-hybridized carbons (Fsp3) is 0.375. The molecule has 0 unspecified atom stereocenters. The van der Waals surface area contributed by atoms with Crippen LogP contribution in [0, 0.1) is 5.92 Å². The highest BCUT2D eigenvalue weighted by molar-refractivity contribution is 7.09. The molecule has 2 aromatic rings. The van der Waals surface area contributed by atoms with Crippen LogP contribution in [0.4, 0.5) is 0 Å². The molecule has 0 bridgehead atoms. The Balaban J connectivity index is 1.86. The van der Waals surface area contributed by atoms with Crippen molar-refractivity contribution in [2.24, 2.45) is 5.92 Å². The second-order valence-electron chi connectivity index (χ2n) is 5.29. The summed E-state index contributed by atoms with van der Waals surface area (Å²) in [6.45, 7) is 4.34. The highest BCUT2D eigenvalue weighted by atomic mass is 32.1. The van der Waals surface area contributed by atoms with E-state index in [0.29, 0.717) is 6.54 Å². The zero-order valence-corrected chi connectivity index (χ0v) is 13.5. The van der Waals surface area contributed by atoms with E-state index in [0.717, 1.165) is 6.42 Å². The highest BCUT2D eigenvalue weighted by Gasteiger charge is 2.25. The van der Waals surface area contributed by atoms with Crippen molar-refractivity contribution in [3.8, 4) is 0 Å². The van der Waals surface area contributed by atoms with Gasteiger partial charge in [0.2, 0.25) is 5.91 Å². The monoisotopic (exact) mass is 320 g/mol. The SMILES string of the molecule is CC(C)[C@@H](NC(=O)c1ccco1)C(=O)NCCc1cccs1. The average Bonchev–Trinajstić information content (AvgIpc) is 3.16. The van der Waals surface area contributed by atoms with Crippen LogP contribution < -0.4 is 10.6 Å². The third kappa shape index (κ3) is 4.46. The number of furan rings is 1. The van der Waals surface area contributed by atoms with Crippen LogP contribution in [-0.4, -0.2) is 24.4 Å². The summed E-state index contributed by atoms with van der Waals surface area (Å²) in [5, 5.41) is 7.61. The van der Waals surface area contributed by atoms with E-state index in [-0.39, 0.29) is 23.5 Å². The summed E-state index contributed by atoms with van der Waals surface area (Å²) >= 11 is 1.66. The highest BCUT2D eigenvalue weighted by Crippen LogP contribution is 2.09. The van der Waals surface area contributed by atoms with Crippen molar-refractivity contribution in [2.75, 3.05) is 6.54 Å². The lowest BCUT2D eigenvalue weighted by atomic mass is 10.0. The van der Waals surface area contributed by atoms with Gasteiger partial charge in [0, 0.05) is 11.4 Å². The van der Waals surface area contributed by atoms with Crippen LogP contribution in [0.25, 0.3) is 0 Å². The Morgan fingerprint density at radius 3 is 2.68 bits per heavy atom. The van der Waals surface area contributed by atoms with E-state index in [1.54, 1.807) is 23.5 Å². The fourth-order valence-corrected chi connectivity index (χ4v) is 2.74. The van der Waals surface area contributed by atoms with Gasteiger partial charge in [-0.05, 0) is 35.9 Å². The largest absolute Gasteiger partial charge is 0.459 e. The summed E-state index contributed by atoms with van der Waals surface area (Å²) in [5.74, 6) is -0.360. The molecule has 0 fully saturated rings. The molecule has 0 aliphatic rings. The lowest BCUT2D eigenvalue weighted by Gasteiger charge is -2.21. The molecule has 5 nitrogen and oxygen atoms in total. The first-order chi connectivity index (χ1) is 10.6. The van der Waals surface area contributed by atoms with Gasteiger partial charge in [0.05, 0.1) is 6.26 Å². The van der Waals surface area contributed by atoms with Crippen LogP contribution in [0.15, 0.2) is 40.3 Å². The maximum absolute atomic E-state index is 12.3. The van der Waals surface area contributed by atoms with Crippen LogP contribution in [0.3, 0.4) is 0 Å². The Morgan fingerprint density at radius 1 is 1.27 bits per heavy atom. The molecule has 6 heteroatoms. The number of rotatable bonds is 7. The molecule has 2 amide bonds. The maximum Gasteiger partial charge on any atom is 0.287 e. The zero-order valence-electron chi connectivity index (χ0n) is 12.7. The summed E-state index contributed by atoms with van der Waals surface area (Å²) in [4.78, 5) is 25.5. The number of thiophene rings is 1. The van der Waals surface area contributed by atoms with Gasteiger partial charge in [-0.3, -0.25) is 9.59 Å². The number of hydrogen-bond donors (Lipinski definition) is 2. The summed E-state index contributed by atoms with van der Waals surface area (Å²) in [6, 6.07) is 6.65. The molecular formula is C16H20N2O3S. The van der Waals surface area contributed by atoms with Gasteiger partial charge in [-0.25, -0.2) is 0 Å². The first-order valence-corrected chi connectivity index (χ1v) is 8.10. The summed E-state index contributed by atoms with van der Waals surface area (Å²) in [7, 11) is 0. The number of carbonyl (C=O) groups excluding carboxylic acids is 2. The Bertz CT molecular complexity index is 591. The molecular weight excluding hydrogens is 300 g/mol. The van der Waals surface area contributed by atoms with E-state index in [1.165, 1.54) is 11.1 Å². The van der Waals surface area contributed by atoms with Crippen LogP contribution in [0.2, 0.25) is 0 Å². The number of nitrogens with one attached hydrogen (secondary N) is 2. The van der Waals surface area contributed by atoms with Crippen molar-refractivity contribution < 1.29 is 14.0 Å². The maximum atomic E-state index is 12.3. The third-order valence-electron chi connectivity index (χ3n) is 3.23. The minimum Gasteiger partial charge on any atom is -0.459 e. The van der Waals surface area contributed by atoms with Gasteiger partial charge in [0.25, 0.3) is 5.91 Å². The predicted octanol–water partition coefficient (Wildman–Crippen LogP) is 2.45. The summed E-state index contributed by atoms with van der Waals surface area (Å²) in [6.07, 6.45) is 2.22. The predicted molar refractivity (Wildman–Crippen MR) is 85.8 cm³/mol. The van der Waals surface area contributed by atoms with Crippen LogP contribution >= 0.6 is 11.3 Å². The second kappa shape index (κ2) is 7.79. The summed E-state index contributed by atoms with van der Waals surface area (Å²) in [5.41, 5.74) is 0. The Hall–Kier alpha value is -2.08. The second-order valence-corrected chi connectivity index (χ2v) is 6.33. The summed E-state index contributed by atoms with van der Waals surface area (Å²) < 4.78 is 5.04.